The summed E-state index contributed by atoms with van der Waals surface area (Å²) in [6.45, 7) is 9.26. The highest BCUT2D eigenvalue weighted by Gasteiger charge is 2.03. The first kappa shape index (κ1) is 20.8. The molecule has 5 nitrogen and oxygen atoms in total. The fraction of sp³-hybridized carbons (Fsp3) is 0.611. The maximum absolute atomic E-state index is 5.10. The minimum atomic E-state index is 0.686. The molecule has 0 saturated carbocycles. The molecule has 0 heterocycles. The Morgan fingerprint density at radius 2 is 2.08 bits per heavy atom. The van der Waals surface area contributed by atoms with Gasteiger partial charge in [-0.2, -0.15) is 0 Å². The van der Waals surface area contributed by atoms with Crippen molar-refractivity contribution in [2.45, 2.75) is 25.3 Å². The number of likely N-dealkylation sites (N-methyl/N-ethyl adjacent to an activating group) is 1. The van der Waals surface area contributed by atoms with Gasteiger partial charge in [-0.25, -0.2) is 4.99 Å². The van der Waals surface area contributed by atoms with E-state index >= 15 is 0 Å². The maximum atomic E-state index is 5.10. The van der Waals surface area contributed by atoms with Crippen molar-refractivity contribution in [1.29, 1.82) is 0 Å². The normalized spacial score (nSPS) is 11.8. The second kappa shape index (κ2) is 12.2. The first-order chi connectivity index (χ1) is 11.6. The number of ether oxygens (including phenoxy) is 1. The van der Waals surface area contributed by atoms with Crippen molar-refractivity contribution in [2.75, 3.05) is 53.2 Å². The van der Waals surface area contributed by atoms with E-state index in [2.05, 4.69) is 60.9 Å². The lowest BCUT2D eigenvalue weighted by molar-refractivity contribution is 0.162. The highest BCUT2D eigenvalue weighted by Crippen LogP contribution is 2.22. The molecule has 1 aromatic rings. The van der Waals surface area contributed by atoms with E-state index in [0.717, 1.165) is 38.7 Å². The fourth-order valence-corrected chi connectivity index (χ4v) is 2.91. The number of hydrogen-bond donors (Lipinski definition) is 2. The summed E-state index contributed by atoms with van der Waals surface area (Å²) in [6, 6.07) is 6.54. The molecule has 0 unspecified atom stereocenters. The first-order valence-corrected chi connectivity index (χ1v) is 9.66. The molecule has 0 amide bonds. The number of nitrogens with zero attached hydrogens (tertiary/aromatic N) is 2. The first-order valence-electron chi connectivity index (χ1n) is 8.43. The molecule has 6 heteroatoms. The molecule has 0 spiro atoms. The van der Waals surface area contributed by atoms with E-state index in [1.165, 1.54) is 16.0 Å². The van der Waals surface area contributed by atoms with Crippen molar-refractivity contribution in [3.05, 3.63) is 29.3 Å². The Bertz CT molecular complexity index is 508. The van der Waals surface area contributed by atoms with Crippen molar-refractivity contribution in [2.24, 2.45) is 4.99 Å². The van der Waals surface area contributed by atoms with E-state index in [0.29, 0.717) is 6.54 Å². The van der Waals surface area contributed by atoms with Crippen LogP contribution in [-0.2, 0) is 11.3 Å². The Balaban J connectivity index is 2.56. The zero-order valence-electron chi connectivity index (χ0n) is 15.7. The molecule has 0 fully saturated rings. The van der Waals surface area contributed by atoms with Gasteiger partial charge < -0.3 is 20.3 Å². The Kier molecular flexibility index (Phi) is 10.5. The molecular formula is C18H32N4OS. The van der Waals surface area contributed by atoms with Gasteiger partial charge in [-0.05, 0) is 44.3 Å². The monoisotopic (exact) mass is 352 g/mol. The second-order valence-electron chi connectivity index (χ2n) is 5.73. The lowest BCUT2D eigenvalue weighted by Gasteiger charge is -2.18. The van der Waals surface area contributed by atoms with Crippen molar-refractivity contribution in [3.63, 3.8) is 0 Å². The standard InChI is InChI=1S/C18H32N4OS/c1-6-19-18(20-9-10-22(3)11-12-23-4)21-14-16-8-7-15(2)13-17(16)24-5/h7-8,13H,6,9-12,14H2,1-5H3,(H2,19,20,21). The van der Waals surface area contributed by atoms with Gasteiger partial charge >= 0.3 is 0 Å². The van der Waals surface area contributed by atoms with Gasteiger partial charge in [-0.15, -0.1) is 11.8 Å². The molecule has 0 aliphatic heterocycles. The van der Waals surface area contributed by atoms with Crippen molar-refractivity contribution < 1.29 is 4.74 Å². The highest BCUT2D eigenvalue weighted by atomic mass is 32.2. The quantitative estimate of drug-likeness (QED) is 0.385. The molecule has 136 valence electrons. The SMILES string of the molecule is CCNC(=NCc1ccc(C)cc1SC)NCCN(C)CCOC. The van der Waals surface area contributed by atoms with E-state index in [1.54, 1.807) is 18.9 Å². The van der Waals surface area contributed by atoms with E-state index < -0.39 is 0 Å². The molecule has 1 rings (SSSR count). The van der Waals surface area contributed by atoms with Crippen LogP contribution in [0.5, 0.6) is 0 Å². The molecular weight excluding hydrogens is 320 g/mol. The van der Waals surface area contributed by atoms with Crippen LogP contribution >= 0.6 is 11.8 Å². The van der Waals surface area contributed by atoms with Gasteiger partial charge in [0.25, 0.3) is 0 Å². The van der Waals surface area contributed by atoms with Gasteiger partial charge in [0.05, 0.1) is 13.2 Å². The smallest absolute Gasteiger partial charge is 0.191 e. The lowest BCUT2D eigenvalue weighted by atomic mass is 10.1. The summed E-state index contributed by atoms with van der Waals surface area (Å²) in [5.41, 5.74) is 2.55. The van der Waals surface area contributed by atoms with Gasteiger partial charge in [0.15, 0.2) is 5.96 Å². The highest BCUT2D eigenvalue weighted by molar-refractivity contribution is 7.98. The van der Waals surface area contributed by atoms with Gasteiger partial charge in [0.2, 0.25) is 0 Å². The number of thioether (sulfide) groups is 1. The van der Waals surface area contributed by atoms with Crippen molar-refractivity contribution in [1.82, 2.24) is 15.5 Å². The van der Waals surface area contributed by atoms with Crippen molar-refractivity contribution >= 4 is 17.7 Å². The molecule has 0 aromatic heterocycles. The van der Waals surface area contributed by atoms with Crippen LogP contribution in [0.2, 0.25) is 0 Å². The van der Waals surface area contributed by atoms with Gasteiger partial charge in [-0.3, -0.25) is 0 Å². The third kappa shape index (κ3) is 8.04. The molecule has 0 saturated heterocycles. The van der Waals surface area contributed by atoms with E-state index in [9.17, 15) is 0 Å². The Labute approximate surface area is 151 Å². The summed E-state index contributed by atoms with van der Waals surface area (Å²) in [4.78, 5) is 8.26. The number of benzene rings is 1. The molecule has 0 bridgehead atoms. The maximum Gasteiger partial charge on any atom is 0.191 e. The van der Waals surface area contributed by atoms with Crippen LogP contribution in [0.15, 0.2) is 28.1 Å². The number of methoxy groups -OCH3 is 1. The van der Waals surface area contributed by atoms with Crippen molar-refractivity contribution in [3.8, 4) is 0 Å². The third-order valence-electron chi connectivity index (χ3n) is 3.66. The summed E-state index contributed by atoms with van der Waals surface area (Å²) >= 11 is 1.78. The average Bonchev–Trinajstić information content (AvgIpc) is 2.58. The van der Waals surface area contributed by atoms with E-state index in [1.807, 2.05) is 0 Å². The van der Waals surface area contributed by atoms with Crippen LogP contribution in [0, 0.1) is 6.92 Å². The third-order valence-corrected chi connectivity index (χ3v) is 4.48. The fourth-order valence-electron chi connectivity index (χ4n) is 2.21. The number of nitrogens with one attached hydrogen (secondary N) is 2. The molecule has 0 aliphatic carbocycles. The van der Waals surface area contributed by atoms with Gasteiger partial charge in [0, 0.05) is 38.2 Å². The van der Waals surface area contributed by atoms with Crippen LogP contribution in [0.25, 0.3) is 0 Å². The molecule has 0 aliphatic rings. The topological polar surface area (TPSA) is 48.9 Å². The summed E-state index contributed by atoms with van der Waals surface area (Å²) in [5, 5.41) is 6.70. The van der Waals surface area contributed by atoms with Gasteiger partial charge in [-0.1, -0.05) is 12.1 Å². The van der Waals surface area contributed by atoms with Gasteiger partial charge in [0.1, 0.15) is 0 Å². The molecule has 0 atom stereocenters. The number of rotatable bonds is 10. The lowest BCUT2D eigenvalue weighted by Crippen LogP contribution is -2.41. The minimum absolute atomic E-state index is 0.686. The second-order valence-corrected chi connectivity index (χ2v) is 6.58. The number of aryl methyl sites for hydroxylation is 1. The predicted molar refractivity (Wildman–Crippen MR) is 105 cm³/mol. The zero-order chi connectivity index (χ0) is 17.8. The summed E-state index contributed by atoms with van der Waals surface area (Å²) in [6.07, 6.45) is 2.11. The minimum Gasteiger partial charge on any atom is -0.383 e. The molecule has 1 aromatic carbocycles. The molecule has 24 heavy (non-hydrogen) atoms. The van der Waals surface area contributed by atoms with E-state index in [4.69, 9.17) is 9.73 Å². The molecule has 2 N–H and O–H groups in total. The largest absolute Gasteiger partial charge is 0.383 e. The van der Waals surface area contributed by atoms with Crippen LogP contribution in [-0.4, -0.2) is 64.1 Å². The number of aliphatic imine (C=N–C) groups is 1. The average molecular weight is 353 g/mol. The molecule has 0 radical (unpaired) electrons. The van der Waals surface area contributed by atoms with Crippen LogP contribution in [0.4, 0.5) is 0 Å². The Hall–Kier alpha value is -1.24. The summed E-state index contributed by atoms with van der Waals surface area (Å²) in [7, 11) is 3.83. The summed E-state index contributed by atoms with van der Waals surface area (Å²) < 4.78 is 5.10. The number of guanidine groups is 1. The predicted octanol–water partition coefficient (Wildman–Crippen LogP) is 2.35. The van der Waals surface area contributed by atoms with Crippen LogP contribution < -0.4 is 10.6 Å². The van der Waals surface area contributed by atoms with E-state index in [-0.39, 0.29) is 0 Å². The zero-order valence-corrected chi connectivity index (χ0v) is 16.5. The van der Waals surface area contributed by atoms with Crippen LogP contribution in [0.3, 0.4) is 0 Å². The Morgan fingerprint density at radius 1 is 1.29 bits per heavy atom. The van der Waals surface area contributed by atoms with Crippen LogP contribution in [0.1, 0.15) is 18.1 Å². The summed E-state index contributed by atoms with van der Waals surface area (Å²) in [5.74, 6) is 0.866. The Morgan fingerprint density at radius 3 is 2.75 bits per heavy atom. The number of hydrogen-bond acceptors (Lipinski definition) is 4.